The molecule has 0 radical (unpaired) electrons. The minimum atomic E-state index is -0.0669. The Bertz CT molecular complexity index is 743. The first kappa shape index (κ1) is 12.6. The quantitative estimate of drug-likeness (QED) is 0.679. The van der Waals surface area contributed by atoms with Crippen LogP contribution in [0.3, 0.4) is 0 Å². The number of carbonyl (C=O) groups is 2. The Morgan fingerprint density at radius 1 is 0.650 bits per heavy atom. The van der Waals surface area contributed by atoms with E-state index in [0.717, 1.165) is 45.4 Å². The smallest absolute Gasteiger partial charge is 0.225 e. The van der Waals surface area contributed by atoms with Gasteiger partial charge in [0.05, 0.1) is 8.39 Å². The summed E-state index contributed by atoms with van der Waals surface area (Å²) in [6.07, 6.45) is 0. The highest BCUT2D eigenvalue weighted by Crippen LogP contribution is 2.42. The van der Waals surface area contributed by atoms with E-state index in [-0.39, 0.29) is 10.2 Å². The van der Waals surface area contributed by atoms with Gasteiger partial charge < -0.3 is 0 Å². The molecule has 20 heavy (non-hydrogen) atoms. The highest BCUT2D eigenvalue weighted by atomic mass is 32.2. The molecule has 0 atom stereocenters. The summed E-state index contributed by atoms with van der Waals surface area (Å²) < 4.78 is 1.12. The highest BCUT2D eigenvalue weighted by molar-refractivity contribution is 8.34. The second-order valence-electron chi connectivity index (χ2n) is 4.43. The van der Waals surface area contributed by atoms with Crippen molar-refractivity contribution in [2.45, 2.75) is 0 Å². The summed E-state index contributed by atoms with van der Waals surface area (Å²) in [7, 11) is 0. The molecule has 0 N–H and O–H groups in total. The summed E-state index contributed by atoms with van der Waals surface area (Å²) in [5, 5.41) is 1.43. The molecular formula is C14H4O2S4. The minimum Gasteiger partial charge on any atom is -0.281 e. The molecule has 0 aliphatic carbocycles. The second-order valence-corrected chi connectivity index (χ2v) is 7.72. The Morgan fingerprint density at radius 3 is 1.40 bits per heavy atom. The average Bonchev–Trinajstić information content (AvgIpc) is 2.42. The molecule has 0 saturated heterocycles. The fourth-order valence-corrected chi connectivity index (χ4v) is 4.82. The van der Waals surface area contributed by atoms with Crippen molar-refractivity contribution >= 4 is 77.4 Å². The van der Waals surface area contributed by atoms with Gasteiger partial charge in [-0.15, -0.1) is 0 Å². The van der Waals surface area contributed by atoms with Crippen molar-refractivity contribution in [3.63, 3.8) is 0 Å². The Morgan fingerprint density at radius 2 is 1.00 bits per heavy atom. The summed E-state index contributed by atoms with van der Waals surface area (Å²) in [5.74, 6) is 0. The number of thiocarbonyl (C=S) groups is 2. The van der Waals surface area contributed by atoms with Gasteiger partial charge in [0.25, 0.3) is 0 Å². The van der Waals surface area contributed by atoms with Gasteiger partial charge in [-0.25, -0.2) is 0 Å². The molecule has 2 aliphatic heterocycles. The fourth-order valence-electron chi connectivity index (χ4n) is 2.56. The van der Waals surface area contributed by atoms with Crippen LogP contribution in [0.4, 0.5) is 0 Å². The Labute approximate surface area is 133 Å². The number of hydrogen-bond acceptors (Lipinski definition) is 6. The van der Waals surface area contributed by atoms with Gasteiger partial charge in [-0.3, -0.25) is 9.59 Å². The molecule has 2 aliphatic rings. The van der Waals surface area contributed by atoms with E-state index >= 15 is 0 Å². The highest BCUT2D eigenvalue weighted by Gasteiger charge is 2.31. The van der Waals surface area contributed by atoms with Gasteiger partial charge in [0, 0.05) is 33.0 Å². The van der Waals surface area contributed by atoms with Crippen molar-refractivity contribution in [2.75, 3.05) is 0 Å². The third-order valence-corrected chi connectivity index (χ3v) is 5.97. The van der Waals surface area contributed by atoms with E-state index in [0.29, 0.717) is 19.5 Å². The molecule has 2 heterocycles. The maximum absolute atomic E-state index is 12.1. The van der Waals surface area contributed by atoms with Gasteiger partial charge in [0.1, 0.15) is 0 Å². The summed E-state index contributed by atoms with van der Waals surface area (Å²) in [4.78, 5) is 24.3. The monoisotopic (exact) mass is 332 g/mol. The van der Waals surface area contributed by atoms with Crippen LogP contribution in [0.5, 0.6) is 0 Å². The third-order valence-electron chi connectivity index (χ3n) is 3.41. The van der Waals surface area contributed by atoms with Crippen molar-refractivity contribution in [1.29, 1.82) is 0 Å². The lowest BCUT2D eigenvalue weighted by molar-refractivity contribution is 0.108. The van der Waals surface area contributed by atoms with Crippen molar-refractivity contribution in [3.8, 4) is 0 Å². The minimum absolute atomic E-state index is 0.0669. The number of hydrogen-bond donors (Lipinski definition) is 0. The summed E-state index contributed by atoms with van der Waals surface area (Å²) in [6.45, 7) is 0. The van der Waals surface area contributed by atoms with Gasteiger partial charge >= 0.3 is 0 Å². The number of thioether (sulfide) groups is 2. The van der Waals surface area contributed by atoms with E-state index in [1.54, 1.807) is 12.1 Å². The maximum Gasteiger partial charge on any atom is 0.225 e. The summed E-state index contributed by atoms with van der Waals surface area (Å²) >= 11 is 12.7. The van der Waals surface area contributed by atoms with Gasteiger partial charge in [-0.1, -0.05) is 36.6 Å². The lowest BCUT2D eigenvalue weighted by atomic mass is 9.92. The van der Waals surface area contributed by atoms with Crippen LogP contribution in [-0.2, 0) is 0 Å². The standard InChI is InChI=1S/C14H4O2S4/c15-11-5-1-3-7-10-6(12(16)20-13(7)17)2-4-8(9(5)10)14(18)19-11/h1-4H. The molecule has 4 rings (SSSR count). The van der Waals surface area contributed by atoms with Crippen LogP contribution in [0.1, 0.15) is 31.8 Å². The van der Waals surface area contributed by atoms with Crippen LogP contribution in [-0.4, -0.2) is 18.6 Å². The largest absolute Gasteiger partial charge is 0.281 e. The molecular weight excluding hydrogens is 328 g/mol. The summed E-state index contributed by atoms with van der Waals surface area (Å²) in [5.41, 5.74) is 2.92. The van der Waals surface area contributed by atoms with Crippen molar-refractivity contribution in [1.82, 2.24) is 0 Å². The normalized spacial score (nSPS) is 17.0. The zero-order valence-electron chi connectivity index (χ0n) is 9.76. The molecule has 0 bridgehead atoms. The zero-order chi connectivity index (χ0) is 14.0. The molecule has 0 fully saturated rings. The molecule has 0 amide bonds. The molecule has 2 aromatic carbocycles. The van der Waals surface area contributed by atoms with Crippen molar-refractivity contribution in [2.24, 2.45) is 0 Å². The summed E-state index contributed by atoms with van der Waals surface area (Å²) in [6, 6.07) is 7.23. The molecule has 0 spiro atoms. The first-order valence-electron chi connectivity index (χ1n) is 5.70. The lowest BCUT2D eigenvalue weighted by Gasteiger charge is -2.23. The van der Waals surface area contributed by atoms with Crippen molar-refractivity contribution in [3.05, 3.63) is 46.5 Å². The molecule has 2 nitrogen and oxygen atoms in total. The van der Waals surface area contributed by atoms with Gasteiger partial charge in [0.15, 0.2) is 0 Å². The van der Waals surface area contributed by atoms with Gasteiger partial charge in [0.2, 0.25) is 10.2 Å². The van der Waals surface area contributed by atoms with Gasteiger partial charge in [-0.05, 0) is 35.7 Å². The second kappa shape index (κ2) is 4.21. The molecule has 96 valence electrons. The van der Waals surface area contributed by atoms with E-state index < -0.39 is 0 Å². The maximum atomic E-state index is 12.1. The predicted octanol–water partition coefficient (Wildman–Crippen LogP) is 3.96. The fraction of sp³-hybridized carbons (Fsp3) is 0. The molecule has 0 unspecified atom stereocenters. The number of benzene rings is 2. The third kappa shape index (κ3) is 1.53. The van der Waals surface area contributed by atoms with Crippen LogP contribution in [0.15, 0.2) is 24.3 Å². The van der Waals surface area contributed by atoms with E-state index in [9.17, 15) is 9.59 Å². The van der Waals surface area contributed by atoms with Crippen LogP contribution >= 0.6 is 48.0 Å². The molecule has 2 aromatic rings. The van der Waals surface area contributed by atoms with E-state index in [4.69, 9.17) is 24.4 Å². The van der Waals surface area contributed by atoms with Crippen LogP contribution in [0.25, 0.3) is 10.8 Å². The zero-order valence-corrected chi connectivity index (χ0v) is 13.0. The molecule has 0 aromatic heterocycles. The van der Waals surface area contributed by atoms with Crippen molar-refractivity contribution < 1.29 is 9.59 Å². The first-order chi connectivity index (χ1) is 9.58. The van der Waals surface area contributed by atoms with Gasteiger partial charge in [-0.2, -0.15) is 0 Å². The predicted molar refractivity (Wildman–Crippen MR) is 91.2 cm³/mol. The van der Waals surface area contributed by atoms with Crippen LogP contribution in [0.2, 0.25) is 0 Å². The molecule has 0 saturated carbocycles. The Kier molecular flexibility index (Phi) is 2.66. The van der Waals surface area contributed by atoms with E-state index in [2.05, 4.69) is 0 Å². The SMILES string of the molecule is O=C1SC(=S)c2ccc3c4c(ccc1c24)C(=S)SC3=O. The number of rotatable bonds is 0. The number of carbonyl (C=O) groups excluding carboxylic acids is 2. The molecule has 6 heteroatoms. The van der Waals surface area contributed by atoms with Crippen LogP contribution in [0, 0.1) is 0 Å². The topological polar surface area (TPSA) is 34.1 Å². The Balaban J connectivity index is 2.29. The van der Waals surface area contributed by atoms with E-state index in [1.165, 1.54) is 0 Å². The lowest BCUT2D eigenvalue weighted by Crippen LogP contribution is -2.16. The van der Waals surface area contributed by atoms with E-state index in [1.807, 2.05) is 12.1 Å². The average molecular weight is 332 g/mol. The Hall–Kier alpha value is -1.08. The van der Waals surface area contributed by atoms with Crippen LogP contribution < -0.4 is 0 Å². The first-order valence-corrected chi connectivity index (χ1v) is 8.15.